The maximum atomic E-state index is 12.3. The zero-order valence-electron chi connectivity index (χ0n) is 16.4. The molecule has 0 aromatic heterocycles. The minimum Gasteiger partial charge on any atom is -0.494 e. The van der Waals surface area contributed by atoms with E-state index in [-0.39, 0.29) is 5.97 Å². The minimum atomic E-state index is -0.339. The van der Waals surface area contributed by atoms with Crippen LogP contribution in [0.15, 0.2) is 48.5 Å². The summed E-state index contributed by atoms with van der Waals surface area (Å²) in [7, 11) is 0. The Labute approximate surface area is 162 Å². The summed E-state index contributed by atoms with van der Waals surface area (Å²) < 4.78 is 11.1. The van der Waals surface area contributed by atoms with Crippen LogP contribution in [0.4, 0.5) is 0 Å². The van der Waals surface area contributed by atoms with Crippen LogP contribution in [0.3, 0.4) is 0 Å². The van der Waals surface area contributed by atoms with Crippen molar-refractivity contribution in [2.24, 2.45) is 5.92 Å². The lowest BCUT2D eigenvalue weighted by atomic mass is 9.79. The lowest BCUT2D eigenvalue weighted by molar-refractivity contribution is 0.0734. The van der Waals surface area contributed by atoms with E-state index in [2.05, 4.69) is 26.0 Å². The molecular formula is C24H30O3. The molecule has 0 aliphatic heterocycles. The fourth-order valence-corrected chi connectivity index (χ4v) is 3.59. The molecule has 0 unspecified atom stereocenters. The molecule has 0 heterocycles. The highest BCUT2D eigenvalue weighted by atomic mass is 16.5. The standard InChI is InChI=1S/C24H30O3/c1-3-4-17-26-22-13-11-21(12-14-22)24(25)27-23-15-9-20(10-16-23)19-7-5-18(2)6-8-19/h9-16,18-19H,3-8,17H2,1-2H3. The second-order valence-corrected chi connectivity index (χ2v) is 7.64. The van der Waals surface area contributed by atoms with Crippen LogP contribution in [0.25, 0.3) is 0 Å². The van der Waals surface area contributed by atoms with Crippen LogP contribution in [0.5, 0.6) is 11.5 Å². The van der Waals surface area contributed by atoms with Crippen LogP contribution >= 0.6 is 0 Å². The van der Waals surface area contributed by atoms with Gasteiger partial charge in [-0.1, -0.05) is 45.2 Å². The first-order valence-corrected chi connectivity index (χ1v) is 10.2. The number of hydrogen-bond donors (Lipinski definition) is 0. The molecule has 1 fully saturated rings. The summed E-state index contributed by atoms with van der Waals surface area (Å²) >= 11 is 0. The molecule has 3 nitrogen and oxygen atoms in total. The third-order valence-corrected chi connectivity index (χ3v) is 5.43. The maximum absolute atomic E-state index is 12.3. The highest BCUT2D eigenvalue weighted by Gasteiger charge is 2.19. The van der Waals surface area contributed by atoms with Crippen molar-refractivity contribution in [1.82, 2.24) is 0 Å². The molecule has 1 saturated carbocycles. The Morgan fingerprint density at radius 2 is 1.56 bits per heavy atom. The number of benzene rings is 2. The van der Waals surface area contributed by atoms with Crippen molar-refractivity contribution in [3.8, 4) is 11.5 Å². The number of unbranched alkanes of at least 4 members (excludes halogenated alkanes) is 1. The molecule has 2 aromatic carbocycles. The minimum absolute atomic E-state index is 0.339. The fraction of sp³-hybridized carbons (Fsp3) is 0.458. The maximum Gasteiger partial charge on any atom is 0.343 e. The van der Waals surface area contributed by atoms with E-state index in [0.717, 1.165) is 24.5 Å². The second kappa shape index (κ2) is 9.59. The molecule has 0 atom stereocenters. The van der Waals surface area contributed by atoms with Crippen molar-refractivity contribution in [1.29, 1.82) is 0 Å². The Bertz CT molecular complexity index is 710. The number of carbonyl (C=O) groups is 1. The Hall–Kier alpha value is -2.29. The van der Waals surface area contributed by atoms with Crippen molar-refractivity contribution in [2.75, 3.05) is 6.61 Å². The molecule has 0 saturated heterocycles. The molecule has 27 heavy (non-hydrogen) atoms. The van der Waals surface area contributed by atoms with Gasteiger partial charge >= 0.3 is 5.97 Å². The fourth-order valence-electron chi connectivity index (χ4n) is 3.59. The van der Waals surface area contributed by atoms with E-state index in [1.165, 1.54) is 31.2 Å². The van der Waals surface area contributed by atoms with Crippen LogP contribution < -0.4 is 9.47 Å². The average molecular weight is 367 g/mol. The summed E-state index contributed by atoms with van der Waals surface area (Å²) in [5, 5.41) is 0. The van der Waals surface area contributed by atoms with E-state index < -0.39 is 0 Å². The third-order valence-electron chi connectivity index (χ3n) is 5.43. The van der Waals surface area contributed by atoms with E-state index in [0.29, 0.717) is 23.8 Å². The van der Waals surface area contributed by atoms with Gasteiger partial charge in [0.05, 0.1) is 12.2 Å². The van der Waals surface area contributed by atoms with Gasteiger partial charge in [0.1, 0.15) is 11.5 Å². The SMILES string of the molecule is CCCCOc1ccc(C(=O)Oc2ccc(C3CCC(C)CC3)cc2)cc1. The van der Waals surface area contributed by atoms with Crippen molar-refractivity contribution in [3.63, 3.8) is 0 Å². The Kier molecular flexibility index (Phi) is 6.92. The Morgan fingerprint density at radius 3 is 2.19 bits per heavy atom. The molecule has 0 radical (unpaired) electrons. The van der Waals surface area contributed by atoms with E-state index in [1.54, 1.807) is 12.1 Å². The largest absolute Gasteiger partial charge is 0.494 e. The summed E-state index contributed by atoms with van der Waals surface area (Å²) in [6.45, 7) is 5.17. The number of carbonyl (C=O) groups excluding carboxylic acids is 1. The molecule has 3 heteroatoms. The van der Waals surface area contributed by atoms with Gasteiger partial charge in [-0.15, -0.1) is 0 Å². The van der Waals surface area contributed by atoms with Crippen LogP contribution in [0.2, 0.25) is 0 Å². The van der Waals surface area contributed by atoms with Crippen molar-refractivity contribution in [3.05, 3.63) is 59.7 Å². The number of rotatable bonds is 7. The van der Waals surface area contributed by atoms with E-state index in [9.17, 15) is 4.79 Å². The summed E-state index contributed by atoms with van der Waals surface area (Å²) in [5.41, 5.74) is 1.89. The van der Waals surface area contributed by atoms with E-state index in [4.69, 9.17) is 9.47 Å². The lowest BCUT2D eigenvalue weighted by Gasteiger charge is -2.26. The molecule has 0 bridgehead atoms. The molecule has 0 amide bonds. The Morgan fingerprint density at radius 1 is 0.926 bits per heavy atom. The highest BCUT2D eigenvalue weighted by Crippen LogP contribution is 2.36. The summed E-state index contributed by atoms with van der Waals surface area (Å²) in [5.74, 6) is 2.54. The summed E-state index contributed by atoms with van der Waals surface area (Å²) in [6, 6.07) is 15.2. The molecule has 0 N–H and O–H groups in total. The second-order valence-electron chi connectivity index (χ2n) is 7.64. The average Bonchev–Trinajstić information content (AvgIpc) is 2.70. The van der Waals surface area contributed by atoms with Crippen LogP contribution in [0.1, 0.15) is 74.2 Å². The van der Waals surface area contributed by atoms with Crippen LogP contribution in [0, 0.1) is 5.92 Å². The van der Waals surface area contributed by atoms with Gasteiger partial charge < -0.3 is 9.47 Å². The van der Waals surface area contributed by atoms with Gasteiger partial charge in [-0.05, 0) is 73.1 Å². The smallest absolute Gasteiger partial charge is 0.343 e. The zero-order valence-corrected chi connectivity index (χ0v) is 16.4. The first-order valence-electron chi connectivity index (χ1n) is 10.2. The first kappa shape index (κ1) is 19.5. The van der Waals surface area contributed by atoms with E-state index in [1.807, 2.05) is 24.3 Å². The van der Waals surface area contributed by atoms with Gasteiger partial charge in [0.15, 0.2) is 0 Å². The molecule has 1 aliphatic carbocycles. The molecule has 3 rings (SSSR count). The van der Waals surface area contributed by atoms with Gasteiger partial charge in [0.2, 0.25) is 0 Å². The number of esters is 1. The quantitative estimate of drug-likeness (QED) is 0.324. The Balaban J connectivity index is 1.54. The summed E-state index contributed by atoms with van der Waals surface area (Å²) in [6.07, 6.45) is 7.25. The molecule has 1 aliphatic rings. The zero-order chi connectivity index (χ0) is 19.1. The van der Waals surface area contributed by atoms with Gasteiger partial charge in [-0.25, -0.2) is 4.79 Å². The van der Waals surface area contributed by atoms with Crippen molar-refractivity contribution in [2.45, 2.75) is 58.3 Å². The lowest BCUT2D eigenvalue weighted by Crippen LogP contribution is -2.11. The predicted molar refractivity (Wildman–Crippen MR) is 109 cm³/mol. The topological polar surface area (TPSA) is 35.5 Å². The van der Waals surface area contributed by atoms with Crippen LogP contribution in [-0.2, 0) is 0 Å². The van der Waals surface area contributed by atoms with E-state index >= 15 is 0 Å². The first-order chi connectivity index (χ1) is 13.2. The summed E-state index contributed by atoms with van der Waals surface area (Å²) in [4.78, 5) is 12.3. The monoisotopic (exact) mass is 366 g/mol. The van der Waals surface area contributed by atoms with Crippen molar-refractivity contribution >= 4 is 5.97 Å². The molecule has 2 aromatic rings. The van der Waals surface area contributed by atoms with Gasteiger partial charge in [-0.2, -0.15) is 0 Å². The van der Waals surface area contributed by atoms with Gasteiger partial charge in [-0.3, -0.25) is 0 Å². The number of ether oxygens (including phenoxy) is 2. The number of hydrogen-bond acceptors (Lipinski definition) is 3. The van der Waals surface area contributed by atoms with Crippen molar-refractivity contribution < 1.29 is 14.3 Å². The molecule has 0 spiro atoms. The normalized spacial score (nSPS) is 19.5. The van der Waals surface area contributed by atoms with Gasteiger partial charge in [0.25, 0.3) is 0 Å². The highest BCUT2D eigenvalue weighted by molar-refractivity contribution is 5.91. The molecular weight excluding hydrogens is 336 g/mol. The van der Waals surface area contributed by atoms with Gasteiger partial charge in [0, 0.05) is 0 Å². The third kappa shape index (κ3) is 5.59. The molecule has 144 valence electrons. The van der Waals surface area contributed by atoms with Crippen LogP contribution in [-0.4, -0.2) is 12.6 Å². The predicted octanol–water partition coefficient (Wildman–Crippen LogP) is 6.38.